The second-order valence-corrected chi connectivity index (χ2v) is 5.04. The zero-order valence-electron chi connectivity index (χ0n) is 11.8. The molecular weight excluding hydrogens is 288 g/mol. The molecule has 0 bridgehead atoms. The first-order chi connectivity index (χ1) is 10.5. The van der Waals surface area contributed by atoms with Crippen molar-refractivity contribution >= 4 is 16.9 Å². The summed E-state index contributed by atoms with van der Waals surface area (Å²) < 4.78 is 32.0. The van der Waals surface area contributed by atoms with Crippen LogP contribution in [0.15, 0.2) is 52.9 Å². The zero-order valence-corrected chi connectivity index (χ0v) is 11.8. The zero-order chi connectivity index (χ0) is 15.7. The van der Waals surface area contributed by atoms with Gasteiger partial charge in [0.05, 0.1) is 6.04 Å². The molecule has 112 valence electrons. The Balaban J connectivity index is 1.80. The van der Waals surface area contributed by atoms with Crippen molar-refractivity contribution in [3.63, 3.8) is 0 Å². The summed E-state index contributed by atoms with van der Waals surface area (Å²) in [6.45, 7) is 1.74. The number of carbonyl (C=O) groups excluding carboxylic acids is 1. The van der Waals surface area contributed by atoms with Gasteiger partial charge in [-0.3, -0.25) is 4.79 Å². The average Bonchev–Trinajstić information content (AvgIpc) is 2.90. The lowest BCUT2D eigenvalue weighted by Gasteiger charge is -2.11. The molecule has 0 radical (unpaired) electrons. The fraction of sp³-hybridized carbons (Fsp3) is 0.118. The van der Waals surface area contributed by atoms with E-state index in [1.165, 1.54) is 0 Å². The summed E-state index contributed by atoms with van der Waals surface area (Å²) in [6.07, 6.45) is 0. The Bertz CT molecular complexity index is 788. The number of nitrogens with one attached hydrogen (secondary N) is 1. The van der Waals surface area contributed by atoms with E-state index in [9.17, 15) is 13.6 Å². The topological polar surface area (TPSA) is 42.2 Å². The third-order valence-corrected chi connectivity index (χ3v) is 3.34. The Morgan fingerprint density at radius 2 is 1.77 bits per heavy atom. The van der Waals surface area contributed by atoms with E-state index in [0.29, 0.717) is 5.76 Å². The summed E-state index contributed by atoms with van der Waals surface area (Å²) in [7, 11) is 0. The number of rotatable bonds is 3. The summed E-state index contributed by atoms with van der Waals surface area (Å²) in [5.41, 5.74) is 0.649. The molecular formula is C17H13F2NO2. The highest BCUT2D eigenvalue weighted by molar-refractivity contribution is 5.94. The van der Waals surface area contributed by atoms with E-state index in [4.69, 9.17) is 4.42 Å². The molecule has 22 heavy (non-hydrogen) atoms. The Hall–Kier alpha value is -2.69. The first-order valence-corrected chi connectivity index (χ1v) is 6.78. The van der Waals surface area contributed by atoms with Crippen LogP contribution in [0.1, 0.15) is 29.1 Å². The second kappa shape index (κ2) is 5.60. The molecule has 0 aliphatic heterocycles. The van der Waals surface area contributed by atoms with E-state index >= 15 is 0 Å². The normalized spacial score (nSPS) is 12.3. The molecule has 1 N–H and O–H groups in total. The maximum Gasteiger partial charge on any atom is 0.252 e. The molecule has 0 saturated heterocycles. The van der Waals surface area contributed by atoms with E-state index < -0.39 is 23.6 Å². The van der Waals surface area contributed by atoms with Crippen LogP contribution in [-0.4, -0.2) is 5.91 Å². The van der Waals surface area contributed by atoms with Gasteiger partial charge in [0.1, 0.15) is 23.0 Å². The van der Waals surface area contributed by atoms with Gasteiger partial charge >= 0.3 is 0 Å². The van der Waals surface area contributed by atoms with Crippen LogP contribution in [0.25, 0.3) is 11.0 Å². The second-order valence-electron chi connectivity index (χ2n) is 5.04. The Morgan fingerprint density at radius 3 is 2.45 bits per heavy atom. The lowest BCUT2D eigenvalue weighted by atomic mass is 10.1. The molecule has 0 aliphatic carbocycles. The van der Waals surface area contributed by atoms with Crippen LogP contribution in [0.4, 0.5) is 8.78 Å². The SMILES string of the molecule is C[C@@H](NC(=O)c1cc(F)cc(F)c1)c1cc2ccccc2o1. The number of furan rings is 1. The summed E-state index contributed by atoms with van der Waals surface area (Å²) in [5, 5.41) is 3.59. The standard InChI is InChI=1S/C17H13F2NO2/c1-10(16-8-11-4-2-3-5-15(11)22-16)20-17(21)12-6-13(18)9-14(19)7-12/h2-10H,1H3,(H,20,21)/t10-/m1/s1. The Morgan fingerprint density at radius 1 is 1.09 bits per heavy atom. The van der Waals surface area contributed by atoms with Crippen molar-refractivity contribution in [2.45, 2.75) is 13.0 Å². The van der Waals surface area contributed by atoms with Gasteiger partial charge < -0.3 is 9.73 Å². The molecule has 3 nitrogen and oxygen atoms in total. The maximum atomic E-state index is 13.1. The molecule has 1 aromatic heterocycles. The largest absolute Gasteiger partial charge is 0.459 e. The highest BCUT2D eigenvalue weighted by atomic mass is 19.1. The van der Waals surface area contributed by atoms with Crippen LogP contribution >= 0.6 is 0 Å². The number of amides is 1. The van der Waals surface area contributed by atoms with E-state index in [0.717, 1.165) is 29.2 Å². The molecule has 5 heteroatoms. The highest BCUT2D eigenvalue weighted by Crippen LogP contribution is 2.23. The van der Waals surface area contributed by atoms with Gasteiger partial charge in [0.25, 0.3) is 5.91 Å². The number of carbonyl (C=O) groups is 1. The average molecular weight is 301 g/mol. The predicted octanol–water partition coefficient (Wildman–Crippen LogP) is 4.20. The monoisotopic (exact) mass is 301 g/mol. The van der Waals surface area contributed by atoms with Crippen LogP contribution in [-0.2, 0) is 0 Å². The minimum atomic E-state index is -0.790. The molecule has 0 spiro atoms. The first kappa shape index (κ1) is 14.3. The van der Waals surface area contributed by atoms with Crippen LogP contribution < -0.4 is 5.32 Å². The fourth-order valence-corrected chi connectivity index (χ4v) is 2.25. The predicted molar refractivity (Wildman–Crippen MR) is 78.5 cm³/mol. The van der Waals surface area contributed by atoms with Gasteiger partial charge in [0.15, 0.2) is 0 Å². The molecule has 0 aliphatic rings. The fourth-order valence-electron chi connectivity index (χ4n) is 2.25. The van der Waals surface area contributed by atoms with Crippen LogP contribution in [0.3, 0.4) is 0 Å². The molecule has 3 aromatic rings. The van der Waals surface area contributed by atoms with E-state index in [2.05, 4.69) is 5.32 Å². The molecule has 1 atom stereocenters. The van der Waals surface area contributed by atoms with E-state index in [1.807, 2.05) is 30.3 Å². The third kappa shape index (κ3) is 2.83. The lowest BCUT2D eigenvalue weighted by molar-refractivity contribution is 0.0934. The highest BCUT2D eigenvalue weighted by Gasteiger charge is 2.16. The first-order valence-electron chi connectivity index (χ1n) is 6.78. The number of halogens is 2. The van der Waals surface area contributed by atoms with Gasteiger partial charge in [-0.25, -0.2) is 8.78 Å². The van der Waals surface area contributed by atoms with E-state index in [-0.39, 0.29) is 5.56 Å². The van der Waals surface area contributed by atoms with Gasteiger partial charge in [-0.1, -0.05) is 18.2 Å². The molecule has 0 unspecified atom stereocenters. The minimum Gasteiger partial charge on any atom is -0.459 e. The number of para-hydroxylation sites is 1. The molecule has 0 saturated carbocycles. The summed E-state index contributed by atoms with van der Waals surface area (Å²) >= 11 is 0. The number of hydrogen-bond donors (Lipinski definition) is 1. The number of benzene rings is 2. The minimum absolute atomic E-state index is 0.0690. The Labute approximate surface area is 125 Å². The van der Waals surface area contributed by atoms with Crippen molar-refractivity contribution in [3.05, 3.63) is 71.5 Å². The van der Waals surface area contributed by atoms with Gasteiger partial charge in [0, 0.05) is 17.0 Å². The summed E-state index contributed by atoms with van der Waals surface area (Å²) in [6, 6.07) is 11.6. The molecule has 1 heterocycles. The van der Waals surface area contributed by atoms with Crippen molar-refractivity contribution < 1.29 is 18.0 Å². The van der Waals surface area contributed by atoms with Crippen LogP contribution in [0.2, 0.25) is 0 Å². The summed E-state index contributed by atoms with van der Waals surface area (Å²) in [4.78, 5) is 12.1. The maximum absolute atomic E-state index is 13.1. The number of hydrogen-bond acceptors (Lipinski definition) is 2. The van der Waals surface area contributed by atoms with Crippen molar-refractivity contribution in [1.82, 2.24) is 5.32 Å². The van der Waals surface area contributed by atoms with E-state index in [1.54, 1.807) is 6.92 Å². The number of fused-ring (bicyclic) bond motifs is 1. The third-order valence-electron chi connectivity index (χ3n) is 3.34. The quantitative estimate of drug-likeness (QED) is 0.787. The van der Waals surface area contributed by atoms with Crippen molar-refractivity contribution in [2.24, 2.45) is 0 Å². The van der Waals surface area contributed by atoms with Gasteiger partial charge in [0.2, 0.25) is 0 Å². The van der Waals surface area contributed by atoms with Crippen molar-refractivity contribution in [3.8, 4) is 0 Å². The van der Waals surface area contributed by atoms with Crippen LogP contribution in [0, 0.1) is 11.6 Å². The van der Waals surface area contributed by atoms with Crippen molar-refractivity contribution in [1.29, 1.82) is 0 Å². The molecule has 1 amide bonds. The van der Waals surface area contributed by atoms with Gasteiger partial charge in [-0.2, -0.15) is 0 Å². The molecule has 2 aromatic carbocycles. The van der Waals surface area contributed by atoms with Gasteiger partial charge in [-0.05, 0) is 31.2 Å². The molecule has 3 rings (SSSR count). The van der Waals surface area contributed by atoms with Gasteiger partial charge in [-0.15, -0.1) is 0 Å². The lowest BCUT2D eigenvalue weighted by Crippen LogP contribution is -2.26. The Kier molecular flexibility index (Phi) is 3.63. The molecule has 0 fully saturated rings. The van der Waals surface area contributed by atoms with Crippen molar-refractivity contribution in [2.75, 3.05) is 0 Å². The smallest absolute Gasteiger partial charge is 0.252 e. The van der Waals surface area contributed by atoms with Crippen LogP contribution in [0.5, 0.6) is 0 Å². The summed E-state index contributed by atoms with van der Waals surface area (Å²) in [5.74, 6) is -1.57.